The zero-order chi connectivity index (χ0) is 7.73. The van der Waals surface area contributed by atoms with Crippen molar-refractivity contribution < 1.29 is 9.47 Å². The Morgan fingerprint density at radius 1 is 1.45 bits per heavy atom. The summed E-state index contributed by atoms with van der Waals surface area (Å²) >= 11 is 0. The van der Waals surface area contributed by atoms with Crippen LogP contribution in [0.15, 0.2) is 0 Å². The predicted octanol–water partition coefficient (Wildman–Crippen LogP) is 1.73. The van der Waals surface area contributed by atoms with Gasteiger partial charge in [0.05, 0.1) is 18.3 Å². The molecule has 0 N–H and O–H groups in total. The largest absolute Gasteiger partial charge is 0.378 e. The highest BCUT2D eigenvalue weighted by Gasteiger charge is 2.42. The van der Waals surface area contributed by atoms with Crippen molar-refractivity contribution in [3.05, 3.63) is 0 Å². The van der Waals surface area contributed by atoms with Gasteiger partial charge in [-0.15, -0.1) is 0 Å². The van der Waals surface area contributed by atoms with Crippen molar-refractivity contribution >= 4 is 0 Å². The van der Waals surface area contributed by atoms with Crippen molar-refractivity contribution in [2.75, 3.05) is 13.2 Å². The fourth-order valence-corrected chi connectivity index (χ4v) is 2.06. The van der Waals surface area contributed by atoms with E-state index in [1.165, 1.54) is 12.8 Å². The molecule has 2 aliphatic rings. The molecule has 2 heteroatoms. The molecule has 0 radical (unpaired) electrons. The van der Waals surface area contributed by atoms with Crippen molar-refractivity contribution in [2.24, 2.45) is 0 Å². The Labute approximate surface area is 67.9 Å². The molecule has 2 aliphatic heterocycles. The van der Waals surface area contributed by atoms with Gasteiger partial charge in [-0.3, -0.25) is 0 Å². The molecule has 1 spiro atoms. The normalized spacial score (nSPS) is 43.9. The first kappa shape index (κ1) is 7.56. The first-order chi connectivity index (χ1) is 5.35. The highest BCUT2D eigenvalue weighted by atomic mass is 16.6. The third kappa shape index (κ3) is 1.30. The quantitative estimate of drug-likeness (QED) is 0.575. The molecule has 0 bridgehead atoms. The lowest BCUT2D eigenvalue weighted by molar-refractivity contribution is -0.0451. The molecule has 0 amide bonds. The van der Waals surface area contributed by atoms with Crippen LogP contribution in [0.4, 0.5) is 0 Å². The smallest absolute Gasteiger partial charge is 0.0941 e. The fraction of sp³-hybridized carbons (Fsp3) is 1.00. The van der Waals surface area contributed by atoms with E-state index in [1.54, 1.807) is 0 Å². The van der Waals surface area contributed by atoms with Gasteiger partial charge in [-0.05, 0) is 19.3 Å². The minimum absolute atomic E-state index is 0.140. The molecule has 2 fully saturated rings. The Hall–Kier alpha value is -0.0800. The molecular weight excluding hydrogens is 140 g/mol. The SMILES string of the molecule is CCC1CCC2(CCOC2)O1. The molecule has 2 saturated heterocycles. The van der Waals surface area contributed by atoms with E-state index < -0.39 is 0 Å². The van der Waals surface area contributed by atoms with E-state index >= 15 is 0 Å². The zero-order valence-corrected chi connectivity index (χ0v) is 7.14. The lowest BCUT2D eigenvalue weighted by Gasteiger charge is -2.21. The maximum absolute atomic E-state index is 5.93. The molecule has 2 unspecified atom stereocenters. The van der Waals surface area contributed by atoms with Crippen LogP contribution in [0.2, 0.25) is 0 Å². The lowest BCUT2D eigenvalue weighted by atomic mass is 9.99. The average molecular weight is 156 g/mol. The highest BCUT2D eigenvalue weighted by molar-refractivity contribution is 4.91. The molecule has 2 rings (SSSR count). The summed E-state index contributed by atoms with van der Waals surface area (Å²) in [6, 6.07) is 0. The molecule has 0 aromatic heterocycles. The van der Waals surface area contributed by atoms with Crippen LogP contribution in [0.25, 0.3) is 0 Å². The first-order valence-corrected chi connectivity index (χ1v) is 4.60. The summed E-state index contributed by atoms with van der Waals surface area (Å²) in [5, 5.41) is 0. The Balaban J connectivity index is 1.96. The summed E-state index contributed by atoms with van der Waals surface area (Å²) in [6.07, 6.45) is 5.23. The molecule has 11 heavy (non-hydrogen) atoms. The fourth-order valence-electron chi connectivity index (χ4n) is 2.06. The second kappa shape index (κ2) is 2.76. The van der Waals surface area contributed by atoms with E-state index in [-0.39, 0.29) is 5.60 Å². The van der Waals surface area contributed by atoms with Gasteiger partial charge in [-0.1, -0.05) is 6.92 Å². The second-order valence-electron chi connectivity index (χ2n) is 3.67. The van der Waals surface area contributed by atoms with Crippen LogP contribution >= 0.6 is 0 Å². The van der Waals surface area contributed by atoms with Gasteiger partial charge >= 0.3 is 0 Å². The summed E-state index contributed by atoms with van der Waals surface area (Å²) < 4.78 is 11.3. The Morgan fingerprint density at radius 2 is 2.36 bits per heavy atom. The third-order valence-electron chi connectivity index (χ3n) is 2.86. The minimum atomic E-state index is 0.140. The molecule has 2 atom stereocenters. The van der Waals surface area contributed by atoms with E-state index in [9.17, 15) is 0 Å². The van der Waals surface area contributed by atoms with Crippen LogP contribution in [-0.4, -0.2) is 24.9 Å². The topological polar surface area (TPSA) is 18.5 Å². The Kier molecular flexibility index (Phi) is 1.90. The summed E-state index contributed by atoms with van der Waals surface area (Å²) in [6.45, 7) is 3.93. The van der Waals surface area contributed by atoms with Gasteiger partial charge in [0.25, 0.3) is 0 Å². The van der Waals surface area contributed by atoms with E-state index in [0.717, 1.165) is 26.1 Å². The molecule has 0 saturated carbocycles. The van der Waals surface area contributed by atoms with E-state index in [1.807, 2.05) is 0 Å². The van der Waals surface area contributed by atoms with Gasteiger partial charge in [0.15, 0.2) is 0 Å². The van der Waals surface area contributed by atoms with Crippen LogP contribution in [-0.2, 0) is 9.47 Å². The first-order valence-electron chi connectivity index (χ1n) is 4.60. The van der Waals surface area contributed by atoms with Crippen LogP contribution < -0.4 is 0 Å². The minimum Gasteiger partial charge on any atom is -0.378 e. The van der Waals surface area contributed by atoms with Crippen LogP contribution in [0, 0.1) is 0 Å². The van der Waals surface area contributed by atoms with E-state index in [0.29, 0.717) is 6.10 Å². The van der Waals surface area contributed by atoms with E-state index in [2.05, 4.69) is 6.92 Å². The maximum atomic E-state index is 5.93. The van der Waals surface area contributed by atoms with Crippen LogP contribution in [0.1, 0.15) is 32.6 Å². The van der Waals surface area contributed by atoms with Gasteiger partial charge in [0.2, 0.25) is 0 Å². The second-order valence-corrected chi connectivity index (χ2v) is 3.67. The Bertz CT molecular complexity index is 138. The van der Waals surface area contributed by atoms with Gasteiger partial charge in [-0.25, -0.2) is 0 Å². The summed E-state index contributed by atoms with van der Waals surface area (Å²) in [4.78, 5) is 0. The number of hydrogen-bond acceptors (Lipinski definition) is 2. The van der Waals surface area contributed by atoms with E-state index in [4.69, 9.17) is 9.47 Å². The van der Waals surface area contributed by atoms with Crippen molar-refractivity contribution in [3.8, 4) is 0 Å². The summed E-state index contributed by atoms with van der Waals surface area (Å²) in [5.74, 6) is 0. The summed E-state index contributed by atoms with van der Waals surface area (Å²) in [7, 11) is 0. The van der Waals surface area contributed by atoms with Crippen molar-refractivity contribution in [1.82, 2.24) is 0 Å². The van der Waals surface area contributed by atoms with Gasteiger partial charge in [0.1, 0.15) is 0 Å². The average Bonchev–Trinajstić information content (AvgIpc) is 2.62. The van der Waals surface area contributed by atoms with Crippen molar-refractivity contribution in [3.63, 3.8) is 0 Å². The standard InChI is InChI=1S/C9H16O2/c1-2-8-3-4-9(11-8)5-6-10-7-9/h8H,2-7H2,1H3. The van der Waals surface area contributed by atoms with Crippen molar-refractivity contribution in [2.45, 2.75) is 44.3 Å². The number of ether oxygens (including phenoxy) is 2. The van der Waals surface area contributed by atoms with Crippen molar-refractivity contribution in [1.29, 1.82) is 0 Å². The molecule has 0 aromatic rings. The molecule has 0 aromatic carbocycles. The lowest BCUT2D eigenvalue weighted by Crippen LogP contribution is -2.29. The van der Waals surface area contributed by atoms with Crippen LogP contribution in [0.3, 0.4) is 0 Å². The zero-order valence-electron chi connectivity index (χ0n) is 7.14. The molecule has 0 aliphatic carbocycles. The predicted molar refractivity (Wildman–Crippen MR) is 42.6 cm³/mol. The third-order valence-corrected chi connectivity index (χ3v) is 2.86. The molecular formula is C9H16O2. The van der Waals surface area contributed by atoms with Crippen LogP contribution in [0.5, 0.6) is 0 Å². The summed E-state index contributed by atoms with van der Waals surface area (Å²) in [5.41, 5.74) is 0.140. The molecule has 64 valence electrons. The number of rotatable bonds is 1. The highest BCUT2D eigenvalue weighted by Crippen LogP contribution is 2.37. The maximum Gasteiger partial charge on any atom is 0.0941 e. The monoisotopic (exact) mass is 156 g/mol. The molecule has 2 nitrogen and oxygen atoms in total. The number of hydrogen-bond donors (Lipinski definition) is 0. The van der Waals surface area contributed by atoms with Gasteiger partial charge in [-0.2, -0.15) is 0 Å². The molecule has 2 heterocycles. The van der Waals surface area contributed by atoms with Gasteiger partial charge in [0, 0.05) is 13.0 Å². The Morgan fingerprint density at radius 3 is 2.91 bits per heavy atom. The van der Waals surface area contributed by atoms with Gasteiger partial charge < -0.3 is 9.47 Å².